The Bertz CT molecular complexity index is 1410. The van der Waals surface area contributed by atoms with Gasteiger partial charge in [0.15, 0.2) is 21.3 Å². The largest absolute Gasteiger partial charge is 0.505 e. The molecular formula is C26H21Cl2FN2O5S. The van der Waals surface area contributed by atoms with Crippen LogP contribution in [0.5, 0.6) is 5.75 Å². The molecule has 0 spiro atoms. The fourth-order valence-electron chi connectivity index (χ4n) is 6.63. The number of thiophene rings is 1. The van der Waals surface area contributed by atoms with Crippen molar-refractivity contribution in [1.82, 2.24) is 9.80 Å². The predicted molar refractivity (Wildman–Crippen MR) is 133 cm³/mol. The third-order valence-electron chi connectivity index (χ3n) is 8.33. The molecule has 11 heteroatoms. The molecule has 6 unspecified atom stereocenters. The molecule has 6 rings (SSSR count). The zero-order chi connectivity index (χ0) is 26.4. The topological polar surface area (TPSA) is 95.0 Å². The first-order valence-corrected chi connectivity index (χ1v) is 13.4. The number of phenols is 1. The minimum atomic E-state index is -2.07. The van der Waals surface area contributed by atoms with Crippen LogP contribution in [0, 0.1) is 23.6 Å². The van der Waals surface area contributed by atoms with E-state index in [2.05, 4.69) is 0 Å². The lowest BCUT2D eigenvalue weighted by Gasteiger charge is -2.50. The molecule has 2 saturated heterocycles. The number of fused-ring (bicyclic) bond motifs is 4. The summed E-state index contributed by atoms with van der Waals surface area (Å²) >= 11 is 15.5. The summed E-state index contributed by atoms with van der Waals surface area (Å²) in [6.45, 7) is 0.143. The average molecular weight is 563 g/mol. The van der Waals surface area contributed by atoms with Crippen LogP contribution in [0.1, 0.15) is 29.2 Å². The third-order valence-corrected chi connectivity index (χ3v) is 10.6. The van der Waals surface area contributed by atoms with Crippen LogP contribution in [-0.2, 0) is 25.7 Å². The number of allylic oxidation sites excluding steroid dienone is 2. The van der Waals surface area contributed by atoms with E-state index in [4.69, 9.17) is 23.2 Å². The normalized spacial score (nSPS) is 35.0. The standard InChI is InChI=1S/C26H21Cl2FN2O5S/c1-30-23(35)25(27)10-16-13(19(26(25,28)24(30)36)15-5-2-6-17(29)20(15)32)7-8-14-18(16)22(34)31(21(14)33)11-12-4-3-9-37-12/h2-7,9,14,16,18-19,32H,8,10-11H2,1H3. The number of benzene rings is 1. The van der Waals surface area contributed by atoms with Crippen LogP contribution in [0.15, 0.2) is 47.4 Å². The summed E-state index contributed by atoms with van der Waals surface area (Å²) in [6, 6.07) is 7.55. The second kappa shape index (κ2) is 8.12. The van der Waals surface area contributed by atoms with Gasteiger partial charge >= 0.3 is 0 Å². The molecule has 2 aromatic rings. The first-order chi connectivity index (χ1) is 17.5. The number of hydrogen-bond donors (Lipinski definition) is 1. The van der Waals surface area contributed by atoms with Gasteiger partial charge in [0.05, 0.1) is 18.4 Å². The van der Waals surface area contributed by atoms with Gasteiger partial charge in [0, 0.05) is 23.4 Å². The highest BCUT2D eigenvalue weighted by molar-refractivity contribution is 7.09. The lowest BCUT2D eigenvalue weighted by Crippen LogP contribution is -2.60. The van der Waals surface area contributed by atoms with Crippen molar-refractivity contribution in [1.29, 1.82) is 0 Å². The fraction of sp³-hybridized carbons (Fsp3) is 0.385. The Hall–Kier alpha value is -2.75. The minimum Gasteiger partial charge on any atom is -0.505 e. The van der Waals surface area contributed by atoms with Crippen LogP contribution in [0.4, 0.5) is 4.39 Å². The highest BCUT2D eigenvalue weighted by atomic mass is 35.5. The molecule has 4 aliphatic rings. The monoisotopic (exact) mass is 562 g/mol. The number of imide groups is 2. The molecule has 3 fully saturated rings. The predicted octanol–water partition coefficient (Wildman–Crippen LogP) is 3.78. The van der Waals surface area contributed by atoms with E-state index in [0.29, 0.717) is 5.57 Å². The number of phenolic OH excluding ortho intramolecular Hbond substituents is 1. The van der Waals surface area contributed by atoms with Gasteiger partial charge < -0.3 is 5.11 Å². The van der Waals surface area contributed by atoms with Crippen LogP contribution in [0.2, 0.25) is 0 Å². The second-order valence-corrected chi connectivity index (χ2v) is 12.3. The average Bonchev–Trinajstić information content (AvgIpc) is 3.51. The van der Waals surface area contributed by atoms with Crippen molar-refractivity contribution in [3.63, 3.8) is 0 Å². The first-order valence-electron chi connectivity index (χ1n) is 11.8. The molecule has 1 N–H and O–H groups in total. The summed E-state index contributed by atoms with van der Waals surface area (Å²) in [6.07, 6.45) is 1.80. The van der Waals surface area contributed by atoms with E-state index >= 15 is 0 Å². The van der Waals surface area contributed by atoms with Gasteiger partial charge in [-0.15, -0.1) is 34.5 Å². The molecule has 3 heterocycles. The Morgan fingerprint density at radius 3 is 2.54 bits per heavy atom. The molecule has 0 radical (unpaired) electrons. The molecule has 192 valence electrons. The Kier molecular flexibility index (Phi) is 5.40. The van der Waals surface area contributed by atoms with Gasteiger partial charge in [-0.2, -0.15) is 0 Å². The maximum atomic E-state index is 14.5. The number of amides is 4. The lowest BCUT2D eigenvalue weighted by molar-refractivity contribution is -0.141. The van der Waals surface area contributed by atoms with Crippen LogP contribution >= 0.6 is 34.5 Å². The van der Waals surface area contributed by atoms with Crippen molar-refractivity contribution >= 4 is 58.2 Å². The van der Waals surface area contributed by atoms with Crippen LogP contribution in [0.3, 0.4) is 0 Å². The van der Waals surface area contributed by atoms with Gasteiger partial charge in [0.2, 0.25) is 11.8 Å². The van der Waals surface area contributed by atoms with Crippen molar-refractivity contribution < 1.29 is 28.7 Å². The maximum Gasteiger partial charge on any atom is 0.253 e. The van der Waals surface area contributed by atoms with Crippen LogP contribution in [-0.4, -0.2) is 55.3 Å². The molecule has 4 amide bonds. The van der Waals surface area contributed by atoms with Crippen molar-refractivity contribution in [3.05, 3.63) is 63.6 Å². The molecule has 6 atom stereocenters. The summed E-state index contributed by atoms with van der Waals surface area (Å²) in [5.74, 6) is -7.21. The molecule has 7 nitrogen and oxygen atoms in total. The number of aromatic hydroxyl groups is 1. The Balaban J connectivity index is 1.51. The number of para-hydroxylation sites is 1. The van der Waals surface area contributed by atoms with Crippen molar-refractivity contribution in [2.24, 2.45) is 17.8 Å². The van der Waals surface area contributed by atoms with Gasteiger partial charge in [-0.1, -0.05) is 29.8 Å². The number of halogens is 3. The molecule has 1 aromatic carbocycles. The third kappa shape index (κ3) is 3.05. The summed E-state index contributed by atoms with van der Waals surface area (Å²) in [5, 5.41) is 12.6. The number of alkyl halides is 2. The van der Waals surface area contributed by atoms with E-state index in [1.54, 1.807) is 6.08 Å². The van der Waals surface area contributed by atoms with Crippen molar-refractivity contribution in [2.75, 3.05) is 7.05 Å². The van der Waals surface area contributed by atoms with Crippen LogP contribution in [0.25, 0.3) is 0 Å². The molecule has 2 aliphatic carbocycles. The Labute approximate surface area is 225 Å². The second-order valence-electron chi connectivity index (χ2n) is 10.0. The molecule has 0 bridgehead atoms. The van der Waals surface area contributed by atoms with E-state index in [9.17, 15) is 28.7 Å². The highest BCUT2D eigenvalue weighted by Crippen LogP contribution is 2.66. The smallest absolute Gasteiger partial charge is 0.253 e. The molecule has 2 aliphatic heterocycles. The summed E-state index contributed by atoms with van der Waals surface area (Å²) < 4.78 is 14.5. The molecule has 37 heavy (non-hydrogen) atoms. The number of carbonyl (C=O) groups is 4. The van der Waals surface area contributed by atoms with Gasteiger partial charge in [-0.05, 0) is 36.3 Å². The first kappa shape index (κ1) is 24.6. The lowest BCUT2D eigenvalue weighted by atomic mass is 9.56. The number of nitrogens with zero attached hydrogens (tertiary/aromatic N) is 2. The zero-order valence-corrected chi connectivity index (χ0v) is 21.8. The number of rotatable bonds is 3. The summed E-state index contributed by atoms with van der Waals surface area (Å²) in [4.78, 5) is 52.8. The maximum absolute atomic E-state index is 14.5. The van der Waals surface area contributed by atoms with Gasteiger partial charge in [-0.3, -0.25) is 29.0 Å². The molecule has 1 aromatic heterocycles. The van der Waals surface area contributed by atoms with Crippen molar-refractivity contribution in [3.8, 4) is 5.75 Å². The highest BCUT2D eigenvalue weighted by Gasteiger charge is 2.76. The van der Waals surface area contributed by atoms with Crippen LogP contribution < -0.4 is 0 Å². The molecular weight excluding hydrogens is 542 g/mol. The Morgan fingerprint density at radius 1 is 1.08 bits per heavy atom. The SMILES string of the molecule is CN1C(=O)C2(Cl)CC3C(=CCC4C(=O)N(Cc5cccs5)C(=O)C43)C(c3cccc(F)c3O)C2(Cl)C1=O. The van der Waals surface area contributed by atoms with E-state index < -0.39 is 56.8 Å². The van der Waals surface area contributed by atoms with Gasteiger partial charge in [0.1, 0.15) is 0 Å². The summed E-state index contributed by atoms with van der Waals surface area (Å²) in [5.41, 5.74) is 0.502. The van der Waals surface area contributed by atoms with E-state index in [0.717, 1.165) is 15.8 Å². The van der Waals surface area contributed by atoms with E-state index in [1.807, 2.05) is 17.5 Å². The number of carbonyl (C=O) groups excluding carboxylic acids is 4. The van der Waals surface area contributed by atoms with Gasteiger partial charge in [0.25, 0.3) is 11.8 Å². The van der Waals surface area contributed by atoms with Gasteiger partial charge in [-0.25, -0.2) is 4.39 Å². The quantitative estimate of drug-likeness (QED) is 0.349. The Morgan fingerprint density at radius 2 is 1.84 bits per heavy atom. The number of hydrogen-bond acceptors (Lipinski definition) is 6. The minimum absolute atomic E-state index is 0.00177. The zero-order valence-electron chi connectivity index (χ0n) is 19.5. The molecule has 1 saturated carbocycles. The fourth-order valence-corrected chi connectivity index (χ4v) is 8.34. The number of likely N-dealkylation sites (tertiary alicyclic amines) is 2. The van der Waals surface area contributed by atoms with Crippen molar-refractivity contribution in [2.45, 2.75) is 35.1 Å². The summed E-state index contributed by atoms with van der Waals surface area (Å²) in [7, 11) is 1.27. The van der Waals surface area contributed by atoms with E-state index in [1.165, 1.54) is 35.4 Å². The van der Waals surface area contributed by atoms with E-state index in [-0.39, 0.29) is 36.8 Å².